The molecule has 0 fully saturated rings. The zero-order valence-electron chi connectivity index (χ0n) is 20.1. The summed E-state index contributed by atoms with van der Waals surface area (Å²) in [5.41, 5.74) is 6.29. The molecule has 176 valence electrons. The summed E-state index contributed by atoms with van der Waals surface area (Å²) >= 11 is 0. The maximum absolute atomic E-state index is 13.7. The highest BCUT2D eigenvalue weighted by Crippen LogP contribution is 2.32. The van der Waals surface area contributed by atoms with Crippen molar-refractivity contribution in [2.45, 2.75) is 38.6 Å². The minimum atomic E-state index is -0.418. The lowest BCUT2D eigenvalue weighted by Gasteiger charge is -2.21. The predicted molar refractivity (Wildman–Crippen MR) is 139 cm³/mol. The summed E-state index contributed by atoms with van der Waals surface area (Å²) in [6.45, 7) is 1.97. The van der Waals surface area contributed by atoms with Crippen molar-refractivity contribution < 1.29 is 4.79 Å². The number of nitrogens with zero attached hydrogens (tertiary/aromatic N) is 2. The average Bonchev–Trinajstić information content (AvgIpc) is 2.90. The molecule has 35 heavy (non-hydrogen) atoms. The number of aryl methyl sites for hydroxylation is 3. The Labute approximate surface area is 205 Å². The zero-order chi connectivity index (χ0) is 24.4. The van der Waals surface area contributed by atoms with Gasteiger partial charge in [0.1, 0.15) is 5.56 Å². The van der Waals surface area contributed by atoms with Gasteiger partial charge in [0.25, 0.3) is 11.5 Å². The second-order valence-electron chi connectivity index (χ2n) is 9.19. The van der Waals surface area contributed by atoms with Gasteiger partial charge in [-0.3, -0.25) is 9.59 Å². The minimum absolute atomic E-state index is 0.109. The Kier molecular flexibility index (Phi) is 6.32. The Balaban J connectivity index is 1.59. The molecule has 0 spiro atoms. The van der Waals surface area contributed by atoms with Crippen LogP contribution in [0.5, 0.6) is 0 Å². The second kappa shape index (κ2) is 9.71. The summed E-state index contributed by atoms with van der Waals surface area (Å²) in [7, 11) is 1.59. The first-order chi connectivity index (χ1) is 17.0. The highest BCUT2D eigenvalue weighted by molar-refractivity contribution is 6.03. The molecule has 0 saturated carbocycles. The number of carbonyl (C=O) groups excluding carboxylic acids is 1. The molecule has 0 radical (unpaired) electrons. The van der Waals surface area contributed by atoms with Gasteiger partial charge < -0.3 is 5.32 Å². The molecule has 5 heteroatoms. The number of aromatic nitrogens is 2. The Morgan fingerprint density at radius 2 is 1.51 bits per heavy atom. The number of benzene rings is 3. The van der Waals surface area contributed by atoms with Gasteiger partial charge in [0, 0.05) is 18.2 Å². The molecular formula is C30H29N3O2. The largest absolute Gasteiger partial charge is 0.345 e. The molecule has 1 aliphatic rings. The number of nitrogens with one attached hydrogen (secondary N) is 1. The van der Waals surface area contributed by atoms with E-state index in [0.717, 1.165) is 29.5 Å². The first-order valence-electron chi connectivity index (χ1n) is 12.2. The van der Waals surface area contributed by atoms with Crippen molar-refractivity contribution in [1.82, 2.24) is 15.1 Å². The summed E-state index contributed by atoms with van der Waals surface area (Å²) in [6.07, 6.45) is 4.63. The topological polar surface area (TPSA) is 64.0 Å². The lowest BCUT2D eigenvalue weighted by molar-refractivity contribution is 0.0938. The molecule has 0 bridgehead atoms. The molecule has 1 unspecified atom stereocenters. The Morgan fingerprint density at radius 3 is 2.20 bits per heavy atom. The molecule has 1 aromatic heterocycles. The smallest absolute Gasteiger partial charge is 0.280 e. The van der Waals surface area contributed by atoms with Crippen LogP contribution < -0.4 is 10.9 Å². The first kappa shape index (κ1) is 22.8. The minimum Gasteiger partial charge on any atom is -0.345 e. The van der Waals surface area contributed by atoms with Gasteiger partial charge in [0.2, 0.25) is 0 Å². The third-order valence-corrected chi connectivity index (χ3v) is 6.80. The first-order valence-corrected chi connectivity index (χ1v) is 12.2. The van der Waals surface area contributed by atoms with Crippen LogP contribution in [0.1, 0.15) is 52.9 Å². The molecular weight excluding hydrogens is 434 g/mol. The van der Waals surface area contributed by atoms with Crippen molar-refractivity contribution in [3.05, 3.63) is 111 Å². The molecule has 4 aromatic rings. The highest BCUT2D eigenvalue weighted by atomic mass is 16.2. The summed E-state index contributed by atoms with van der Waals surface area (Å²) in [6, 6.07) is 25.4. The third kappa shape index (κ3) is 4.54. The fraction of sp³-hybridized carbons (Fsp3) is 0.233. The van der Waals surface area contributed by atoms with Gasteiger partial charge in [-0.2, -0.15) is 5.10 Å². The van der Waals surface area contributed by atoms with Crippen LogP contribution in [0.25, 0.3) is 22.4 Å². The second-order valence-corrected chi connectivity index (χ2v) is 9.19. The van der Waals surface area contributed by atoms with E-state index in [1.807, 2.05) is 67.6 Å². The van der Waals surface area contributed by atoms with E-state index in [2.05, 4.69) is 28.6 Å². The van der Waals surface area contributed by atoms with Crippen LogP contribution in [-0.2, 0) is 19.9 Å². The van der Waals surface area contributed by atoms with Gasteiger partial charge in [-0.1, -0.05) is 78.9 Å². The molecule has 5 rings (SSSR count). The molecule has 3 aromatic carbocycles. The van der Waals surface area contributed by atoms with Crippen LogP contribution in [0.3, 0.4) is 0 Å². The number of rotatable bonds is 5. The van der Waals surface area contributed by atoms with E-state index in [-0.39, 0.29) is 11.6 Å². The normalized spacial score (nSPS) is 13.7. The Bertz CT molecular complexity index is 1430. The molecule has 1 amide bonds. The van der Waals surface area contributed by atoms with Gasteiger partial charge >= 0.3 is 0 Å². The molecule has 0 aliphatic heterocycles. The van der Waals surface area contributed by atoms with Crippen LogP contribution >= 0.6 is 0 Å². The fourth-order valence-corrected chi connectivity index (χ4v) is 4.90. The molecule has 0 saturated heterocycles. The van der Waals surface area contributed by atoms with Gasteiger partial charge in [-0.05, 0) is 54.9 Å². The standard InChI is InChI=1S/C30H29N3O2/c1-20(24-18-17-21-11-9-10-16-25(21)19-24)31-29(34)27-26(22-12-5-3-6-13-22)28(32-33(2)30(27)35)23-14-7-4-8-15-23/h3-8,12-15,17-20H,9-11,16H2,1-2H3,(H,31,34). The van der Waals surface area contributed by atoms with Crippen LogP contribution in [0.15, 0.2) is 83.7 Å². The van der Waals surface area contributed by atoms with Crippen molar-refractivity contribution in [3.63, 3.8) is 0 Å². The third-order valence-electron chi connectivity index (χ3n) is 6.80. The average molecular weight is 464 g/mol. The number of carbonyl (C=O) groups is 1. The molecule has 1 heterocycles. The van der Waals surface area contributed by atoms with Gasteiger partial charge in [0.15, 0.2) is 0 Å². The molecule has 5 nitrogen and oxygen atoms in total. The van der Waals surface area contributed by atoms with Crippen molar-refractivity contribution in [3.8, 4) is 22.4 Å². The monoisotopic (exact) mass is 463 g/mol. The quantitative estimate of drug-likeness (QED) is 0.426. The van der Waals surface area contributed by atoms with Crippen molar-refractivity contribution >= 4 is 5.91 Å². The van der Waals surface area contributed by atoms with Gasteiger partial charge in [-0.25, -0.2) is 4.68 Å². The lowest BCUT2D eigenvalue weighted by atomic mass is 9.89. The number of fused-ring (bicyclic) bond motifs is 1. The molecule has 1 atom stereocenters. The van der Waals surface area contributed by atoms with Crippen molar-refractivity contribution in [1.29, 1.82) is 0 Å². The van der Waals surface area contributed by atoms with E-state index < -0.39 is 11.5 Å². The van der Waals surface area contributed by atoms with Crippen molar-refractivity contribution in [2.75, 3.05) is 0 Å². The summed E-state index contributed by atoms with van der Waals surface area (Å²) in [5, 5.41) is 7.67. The van der Waals surface area contributed by atoms with E-state index >= 15 is 0 Å². The SMILES string of the molecule is CC(NC(=O)c1c(-c2ccccc2)c(-c2ccccc2)nn(C)c1=O)c1ccc2c(c1)CCCC2. The fourth-order valence-electron chi connectivity index (χ4n) is 4.90. The van der Waals surface area contributed by atoms with Crippen LogP contribution in [0.4, 0.5) is 0 Å². The van der Waals surface area contributed by atoms with E-state index in [0.29, 0.717) is 11.3 Å². The Hall–Kier alpha value is -3.99. The number of hydrogen-bond acceptors (Lipinski definition) is 3. The highest BCUT2D eigenvalue weighted by Gasteiger charge is 2.25. The van der Waals surface area contributed by atoms with E-state index in [4.69, 9.17) is 0 Å². The zero-order valence-corrected chi connectivity index (χ0v) is 20.1. The van der Waals surface area contributed by atoms with Gasteiger partial charge in [0.05, 0.1) is 11.7 Å². The predicted octanol–water partition coefficient (Wildman–Crippen LogP) is 5.48. The number of amides is 1. The van der Waals surface area contributed by atoms with Crippen LogP contribution in [0, 0.1) is 0 Å². The van der Waals surface area contributed by atoms with Crippen LogP contribution in [-0.4, -0.2) is 15.7 Å². The van der Waals surface area contributed by atoms with Gasteiger partial charge in [-0.15, -0.1) is 0 Å². The molecule has 1 N–H and O–H groups in total. The maximum Gasteiger partial charge on any atom is 0.280 e. The summed E-state index contributed by atoms with van der Waals surface area (Å²) in [4.78, 5) is 27.1. The van der Waals surface area contributed by atoms with E-state index in [1.54, 1.807) is 7.05 Å². The Morgan fingerprint density at radius 1 is 0.886 bits per heavy atom. The van der Waals surface area contributed by atoms with Crippen LogP contribution in [0.2, 0.25) is 0 Å². The maximum atomic E-state index is 13.7. The summed E-state index contributed by atoms with van der Waals surface area (Å²) < 4.78 is 1.26. The number of hydrogen-bond donors (Lipinski definition) is 1. The van der Waals surface area contributed by atoms with Crippen molar-refractivity contribution in [2.24, 2.45) is 7.05 Å². The lowest BCUT2D eigenvalue weighted by Crippen LogP contribution is -2.36. The molecule has 1 aliphatic carbocycles. The van der Waals surface area contributed by atoms with E-state index in [9.17, 15) is 9.59 Å². The summed E-state index contributed by atoms with van der Waals surface area (Å²) in [5.74, 6) is -0.394. The van der Waals surface area contributed by atoms with E-state index in [1.165, 1.54) is 28.7 Å².